The van der Waals surface area contributed by atoms with E-state index in [9.17, 15) is 4.39 Å². The monoisotopic (exact) mass is 267 g/mol. The lowest BCUT2D eigenvalue weighted by atomic mass is 10.3. The molecular formula is C13H15ClFN3. The Morgan fingerprint density at radius 3 is 2.83 bits per heavy atom. The van der Waals surface area contributed by atoms with Crippen LogP contribution in [0.3, 0.4) is 0 Å². The van der Waals surface area contributed by atoms with E-state index in [4.69, 9.17) is 11.6 Å². The summed E-state index contributed by atoms with van der Waals surface area (Å²) < 4.78 is 15.2. The second kappa shape index (κ2) is 5.40. The van der Waals surface area contributed by atoms with Crippen molar-refractivity contribution in [1.82, 2.24) is 9.55 Å². The van der Waals surface area contributed by atoms with E-state index in [2.05, 4.69) is 28.7 Å². The van der Waals surface area contributed by atoms with Crippen LogP contribution in [0.25, 0.3) is 0 Å². The van der Waals surface area contributed by atoms with Gasteiger partial charge in [0.05, 0.1) is 18.6 Å². The molecule has 0 spiro atoms. The quantitative estimate of drug-likeness (QED) is 0.911. The van der Waals surface area contributed by atoms with Crippen molar-refractivity contribution in [3.05, 3.63) is 47.3 Å². The Morgan fingerprint density at radius 2 is 2.17 bits per heavy atom. The highest BCUT2D eigenvalue weighted by molar-refractivity contribution is 6.30. The highest BCUT2D eigenvalue weighted by atomic mass is 35.5. The Kier molecular flexibility index (Phi) is 3.87. The maximum atomic E-state index is 13.2. The Balaban J connectivity index is 2.09. The van der Waals surface area contributed by atoms with Crippen molar-refractivity contribution in [2.24, 2.45) is 0 Å². The van der Waals surface area contributed by atoms with Crippen molar-refractivity contribution >= 4 is 17.3 Å². The van der Waals surface area contributed by atoms with Crippen LogP contribution < -0.4 is 5.32 Å². The fraction of sp³-hybridized carbons (Fsp3) is 0.308. The molecule has 0 saturated carbocycles. The first kappa shape index (κ1) is 12.9. The highest BCUT2D eigenvalue weighted by Gasteiger charge is 2.05. The van der Waals surface area contributed by atoms with Gasteiger partial charge in [-0.05, 0) is 32.0 Å². The zero-order valence-corrected chi connectivity index (χ0v) is 11.1. The van der Waals surface area contributed by atoms with Gasteiger partial charge in [0.2, 0.25) is 0 Å². The molecule has 0 aliphatic rings. The van der Waals surface area contributed by atoms with Crippen LogP contribution in [0, 0.1) is 5.82 Å². The van der Waals surface area contributed by atoms with Gasteiger partial charge in [0.1, 0.15) is 5.82 Å². The average molecular weight is 268 g/mol. The van der Waals surface area contributed by atoms with Crippen molar-refractivity contribution in [1.29, 1.82) is 0 Å². The van der Waals surface area contributed by atoms with Gasteiger partial charge >= 0.3 is 0 Å². The van der Waals surface area contributed by atoms with Crippen LogP contribution in [-0.4, -0.2) is 9.55 Å². The molecule has 0 amide bonds. The predicted octanol–water partition coefficient (Wildman–Crippen LogP) is 3.87. The first-order chi connectivity index (χ1) is 8.56. The van der Waals surface area contributed by atoms with E-state index in [1.807, 2.05) is 0 Å². The van der Waals surface area contributed by atoms with E-state index in [-0.39, 0.29) is 5.82 Å². The molecule has 18 heavy (non-hydrogen) atoms. The minimum Gasteiger partial charge on any atom is -0.379 e. The number of halogens is 2. The standard InChI is InChI=1S/C13H15ClFN3/c1-9(2)18-8-16-6-13(18)7-17-12-4-10(14)3-11(15)5-12/h3-6,8-9,17H,7H2,1-2H3. The maximum absolute atomic E-state index is 13.2. The molecule has 1 heterocycles. The summed E-state index contributed by atoms with van der Waals surface area (Å²) in [5.41, 5.74) is 1.71. The van der Waals surface area contributed by atoms with E-state index >= 15 is 0 Å². The second-order valence-corrected chi connectivity index (χ2v) is 4.83. The van der Waals surface area contributed by atoms with E-state index < -0.39 is 0 Å². The number of aromatic nitrogens is 2. The minimum atomic E-state index is -0.345. The predicted molar refractivity (Wildman–Crippen MR) is 71.3 cm³/mol. The lowest BCUT2D eigenvalue weighted by Crippen LogP contribution is -2.08. The lowest BCUT2D eigenvalue weighted by Gasteiger charge is -2.13. The molecule has 1 aromatic carbocycles. The lowest BCUT2D eigenvalue weighted by molar-refractivity contribution is 0.577. The molecule has 0 unspecified atom stereocenters. The van der Waals surface area contributed by atoms with Crippen LogP contribution in [0.2, 0.25) is 5.02 Å². The number of imidazole rings is 1. The van der Waals surface area contributed by atoms with Crippen molar-refractivity contribution in [2.75, 3.05) is 5.32 Å². The van der Waals surface area contributed by atoms with Gasteiger partial charge in [-0.2, -0.15) is 0 Å². The molecule has 96 valence electrons. The van der Waals surface area contributed by atoms with Crippen LogP contribution in [-0.2, 0) is 6.54 Å². The number of hydrogen-bond donors (Lipinski definition) is 1. The molecular weight excluding hydrogens is 253 g/mol. The second-order valence-electron chi connectivity index (χ2n) is 4.40. The van der Waals surface area contributed by atoms with Crippen LogP contribution in [0.4, 0.5) is 10.1 Å². The molecule has 1 N–H and O–H groups in total. The Morgan fingerprint density at radius 1 is 1.39 bits per heavy atom. The molecule has 0 fully saturated rings. The van der Waals surface area contributed by atoms with Gasteiger partial charge < -0.3 is 9.88 Å². The topological polar surface area (TPSA) is 29.9 Å². The van der Waals surface area contributed by atoms with Crippen molar-refractivity contribution in [3.63, 3.8) is 0 Å². The fourth-order valence-corrected chi connectivity index (χ4v) is 2.00. The van der Waals surface area contributed by atoms with Gasteiger partial charge in [-0.25, -0.2) is 9.37 Å². The zero-order chi connectivity index (χ0) is 13.1. The first-order valence-corrected chi connectivity index (χ1v) is 6.14. The minimum absolute atomic E-state index is 0.345. The summed E-state index contributed by atoms with van der Waals surface area (Å²) in [6.45, 7) is 4.76. The van der Waals surface area contributed by atoms with Crippen LogP contribution >= 0.6 is 11.6 Å². The van der Waals surface area contributed by atoms with E-state index in [1.54, 1.807) is 18.6 Å². The summed E-state index contributed by atoms with van der Waals surface area (Å²) in [5, 5.41) is 3.52. The van der Waals surface area contributed by atoms with Crippen LogP contribution in [0.5, 0.6) is 0 Å². The van der Waals surface area contributed by atoms with E-state index in [0.29, 0.717) is 23.3 Å². The molecule has 2 aromatic rings. The number of anilines is 1. The van der Waals surface area contributed by atoms with Gasteiger partial charge in [-0.15, -0.1) is 0 Å². The van der Waals surface area contributed by atoms with Gasteiger partial charge in [0.25, 0.3) is 0 Å². The third kappa shape index (κ3) is 3.01. The normalized spacial score (nSPS) is 10.9. The Bertz CT molecular complexity index is 517. The summed E-state index contributed by atoms with van der Waals surface area (Å²) in [4.78, 5) is 4.11. The third-order valence-corrected chi connectivity index (χ3v) is 2.86. The summed E-state index contributed by atoms with van der Waals surface area (Å²) in [6.07, 6.45) is 3.59. The zero-order valence-electron chi connectivity index (χ0n) is 10.3. The molecule has 2 rings (SSSR count). The smallest absolute Gasteiger partial charge is 0.126 e. The third-order valence-electron chi connectivity index (χ3n) is 2.64. The molecule has 0 bridgehead atoms. The van der Waals surface area contributed by atoms with E-state index in [0.717, 1.165) is 5.69 Å². The molecule has 0 aliphatic carbocycles. The number of rotatable bonds is 4. The summed E-state index contributed by atoms with van der Waals surface area (Å²) in [6, 6.07) is 4.74. The van der Waals surface area contributed by atoms with Gasteiger partial charge in [-0.3, -0.25) is 0 Å². The molecule has 1 aromatic heterocycles. The van der Waals surface area contributed by atoms with Crippen LogP contribution in [0.1, 0.15) is 25.6 Å². The number of hydrogen-bond acceptors (Lipinski definition) is 2. The highest BCUT2D eigenvalue weighted by Crippen LogP contribution is 2.19. The molecule has 5 heteroatoms. The summed E-state index contributed by atoms with van der Waals surface area (Å²) in [7, 11) is 0. The van der Waals surface area contributed by atoms with Gasteiger partial charge in [0.15, 0.2) is 0 Å². The number of nitrogens with one attached hydrogen (secondary N) is 1. The Hall–Kier alpha value is -1.55. The van der Waals surface area contributed by atoms with Crippen molar-refractivity contribution < 1.29 is 4.39 Å². The Labute approximate surface area is 111 Å². The maximum Gasteiger partial charge on any atom is 0.126 e. The fourth-order valence-electron chi connectivity index (χ4n) is 1.78. The average Bonchev–Trinajstić information content (AvgIpc) is 2.73. The molecule has 3 nitrogen and oxygen atoms in total. The van der Waals surface area contributed by atoms with Gasteiger partial charge in [-0.1, -0.05) is 11.6 Å². The largest absolute Gasteiger partial charge is 0.379 e. The summed E-state index contributed by atoms with van der Waals surface area (Å²) >= 11 is 5.79. The number of benzene rings is 1. The number of nitrogens with zero attached hydrogens (tertiary/aromatic N) is 2. The summed E-state index contributed by atoms with van der Waals surface area (Å²) in [5.74, 6) is -0.345. The van der Waals surface area contributed by atoms with E-state index in [1.165, 1.54) is 12.1 Å². The van der Waals surface area contributed by atoms with Gasteiger partial charge in [0, 0.05) is 22.9 Å². The van der Waals surface area contributed by atoms with Crippen molar-refractivity contribution in [2.45, 2.75) is 26.4 Å². The molecule has 0 aliphatic heterocycles. The SMILES string of the molecule is CC(C)n1cncc1CNc1cc(F)cc(Cl)c1. The molecule has 0 atom stereocenters. The first-order valence-electron chi connectivity index (χ1n) is 5.77. The van der Waals surface area contributed by atoms with Crippen molar-refractivity contribution in [3.8, 4) is 0 Å². The molecule has 0 saturated heterocycles. The molecule has 0 radical (unpaired) electrons. The van der Waals surface area contributed by atoms with Crippen LogP contribution in [0.15, 0.2) is 30.7 Å².